The molecule has 1 N–H and O–H groups in total. The van der Waals surface area contributed by atoms with Gasteiger partial charge in [0.1, 0.15) is 0 Å². The number of aliphatic hydroxyl groups is 1. The number of rotatable bonds is 6. The van der Waals surface area contributed by atoms with Crippen molar-refractivity contribution in [1.82, 2.24) is 0 Å². The zero-order valence-electron chi connectivity index (χ0n) is 9.25. The smallest absolute Gasteiger partial charge is 0.308 e. The molecule has 0 spiro atoms. The minimum Gasteiger partial charge on any atom is -0.465 e. The third-order valence-electron chi connectivity index (χ3n) is 2.24. The van der Waals surface area contributed by atoms with Crippen LogP contribution in [0.4, 0.5) is 0 Å². The third kappa shape index (κ3) is 4.42. The summed E-state index contributed by atoms with van der Waals surface area (Å²) in [5.74, 6) is -0.298. The van der Waals surface area contributed by atoms with Gasteiger partial charge in [-0.05, 0) is 6.42 Å². The monoisotopic (exact) mass is 200 g/mol. The van der Waals surface area contributed by atoms with Crippen LogP contribution in [0.2, 0.25) is 0 Å². The Hall–Kier alpha value is -0.830. The molecule has 0 aliphatic heterocycles. The molecular formula is C11H20O3. The van der Waals surface area contributed by atoms with Gasteiger partial charge in [-0.25, -0.2) is 0 Å². The minimum atomic E-state index is -0.350. The molecule has 3 nitrogen and oxygen atoms in total. The lowest BCUT2D eigenvalue weighted by atomic mass is 9.88. The van der Waals surface area contributed by atoms with Crippen molar-refractivity contribution in [3.8, 4) is 0 Å². The summed E-state index contributed by atoms with van der Waals surface area (Å²) in [5, 5.41) is 9.05. The lowest BCUT2D eigenvalue weighted by molar-refractivity contribution is -0.148. The zero-order chi connectivity index (χ0) is 11.2. The van der Waals surface area contributed by atoms with Crippen LogP contribution in [-0.2, 0) is 9.53 Å². The summed E-state index contributed by atoms with van der Waals surface area (Å²) in [7, 11) is 0. The Bertz CT molecular complexity index is 199. The molecule has 0 radical (unpaired) electrons. The van der Waals surface area contributed by atoms with Crippen LogP contribution in [0.25, 0.3) is 0 Å². The quantitative estimate of drug-likeness (QED) is 0.525. The molecule has 0 saturated carbocycles. The van der Waals surface area contributed by atoms with Crippen LogP contribution in [0.5, 0.6) is 0 Å². The molecule has 82 valence electrons. The first kappa shape index (κ1) is 13.2. The van der Waals surface area contributed by atoms with Crippen LogP contribution in [0, 0.1) is 11.3 Å². The van der Waals surface area contributed by atoms with Crippen molar-refractivity contribution in [2.75, 3.05) is 13.2 Å². The number of aliphatic hydroxyl groups excluding tert-OH is 1. The molecule has 1 atom stereocenters. The summed E-state index contributed by atoms with van der Waals surface area (Å²) in [5.41, 5.74) is -0.350. The largest absolute Gasteiger partial charge is 0.465 e. The van der Waals surface area contributed by atoms with Crippen molar-refractivity contribution < 1.29 is 14.6 Å². The van der Waals surface area contributed by atoms with Crippen LogP contribution in [0.1, 0.15) is 27.2 Å². The summed E-state index contributed by atoms with van der Waals surface area (Å²) in [6, 6.07) is 0. The van der Waals surface area contributed by atoms with Gasteiger partial charge in [-0.15, -0.1) is 6.58 Å². The maximum atomic E-state index is 11.1. The fourth-order valence-corrected chi connectivity index (χ4v) is 0.797. The van der Waals surface area contributed by atoms with Crippen molar-refractivity contribution in [2.45, 2.75) is 27.2 Å². The molecule has 3 heteroatoms. The fourth-order valence-electron chi connectivity index (χ4n) is 0.797. The Morgan fingerprint density at radius 3 is 2.57 bits per heavy atom. The first-order chi connectivity index (χ1) is 6.45. The molecule has 0 fully saturated rings. The first-order valence-corrected chi connectivity index (χ1v) is 4.86. The lowest BCUT2D eigenvalue weighted by Crippen LogP contribution is -2.22. The van der Waals surface area contributed by atoms with Gasteiger partial charge in [0.25, 0.3) is 0 Å². The van der Waals surface area contributed by atoms with Gasteiger partial charge in [0.05, 0.1) is 19.1 Å². The van der Waals surface area contributed by atoms with E-state index in [1.54, 1.807) is 19.9 Å². The van der Waals surface area contributed by atoms with Crippen molar-refractivity contribution in [3.63, 3.8) is 0 Å². The third-order valence-corrected chi connectivity index (χ3v) is 2.24. The second kappa shape index (κ2) is 5.81. The van der Waals surface area contributed by atoms with Gasteiger partial charge in [0, 0.05) is 5.41 Å². The number of carbonyl (C=O) groups is 1. The average Bonchev–Trinajstić information content (AvgIpc) is 2.17. The van der Waals surface area contributed by atoms with Gasteiger partial charge < -0.3 is 9.84 Å². The highest BCUT2D eigenvalue weighted by atomic mass is 16.5. The second-order valence-corrected chi connectivity index (χ2v) is 4.09. The molecule has 0 heterocycles. The molecule has 0 aliphatic rings. The summed E-state index contributed by atoms with van der Waals surface area (Å²) >= 11 is 0. The van der Waals surface area contributed by atoms with E-state index in [9.17, 15) is 4.79 Å². The van der Waals surface area contributed by atoms with Crippen molar-refractivity contribution in [2.24, 2.45) is 11.3 Å². The molecule has 1 unspecified atom stereocenters. The molecule has 0 aromatic carbocycles. The van der Waals surface area contributed by atoms with E-state index >= 15 is 0 Å². The normalized spacial score (nSPS) is 14.9. The van der Waals surface area contributed by atoms with Gasteiger partial charge in [0.15, 0.2) is 0 Å². The van der Waals surface area contributed by atoms with E-state index in [1.165, 1.54) is 0 Å². The van der Waals surface area contributed by atoms with Crippen molar-refractivity contribution in [1.29, 1.82) is 0 Å². The summed E-state index contributed by atoms with van der Waals surface area (Å²) in [6.45, 7) is 9.46. The van der Waals surface area contributed by atoms with E-state index in [2.05, 4.69) is 6.58 Å². The SMILES string of the molecule is C=CC(C)(CO)CCOC(=O)C(C)C. The molecule has 14 heavy (non-hydrogen) atoms. The minimum absolute atomic E-state index is 0.0235. The fraction of sp³-hybridized carbons (Fsp3) is 0.727. The molecule has 0 aliphatic carbocycles. The first-order valence-electron chi connectivity index (χ1n) is 4.86. The van der Waals surface area contributed by atoms with Gasteiger partial charge in [-0.1, -0.05) is 26.8 Å². The zero-order valence-corrected chi connectivity index (χ0v) is 9.25. The van der Waals surface area contributed by atoms with E-state index in [0.29, 0.717) is 13.0 Å². The highest BCUT2D eigenvalue weighted by Crippen LogP contribution is 2.21. The van der Waals surface area contributed by atoms with Crippen LogP contribution in [0.3, 0.4) is 0 Å². The number of ether oxygens (including phenoxy) is 1. The molecule has 0 saturated heterocycles. The molecule has 0 rings (SSSR count). The van der Waals surface area contributed by atoms with Crippen molar-refractivity contribution in [3.05, 3.63) is 12.7 Å². The Kier molecular flexibility index (Phi) is 5.46. The average molecular weight is 200 g/mol. The Labute approximate surface area is 85.8 Å². The number of carbonyl (C=O) groups excluding carboxylic acids is 1. The Morgan fingerprint density at radius 2 is 2.21 bits per heavy atom. The maximum absolute atomic E-state index is 11.1. The molecular weight excluding hydrogens is 180 g/mol. The molecule has 0 bridgehead atoms. The predicted octanol–water partition coefficient (Wildman–Crippen LogP) is 1.76. The van der Waals surface area contributed by atoms with Crippen molar-refractivity contribution >= 4 is 5.97 Å². The Balaban J connectivity index is 3.83. The number of esters is 1. The summed E-state index contributed by atoms with van der Waals surface area (Å²) < 4.78 is 5.00. The van der Waals surface area contributed by atoms with Gasteiger partial charge in [0.2, 0.25) is 0 Å². The lowest BCUT2D eigenvalue weighted by Gasteiger charge is -2.22. The van der Waals surface area contributed by atoms with Crippen LogP contribution >= 0.6 is 0 Å². The topological polar surface area (TPSA) is 46.5 Å². The maximum Gasteiger partial charge on any atom is 0.308 e. The Morgan fingerprint density at radius 1 is 1.64 bits per heavy atom. The summed E-state index contributed by atoms with van der Waals surface area (Å²) in [4.78, 5) is 11.1. The van der Waals surface area contributed by atoms with Crippen LogP contribution in [0.15, 0.2) is 12.7 Å². The van der Waals surface area contributed by atoms with Gasteiger partial charge in [-0.3, -0.25) is 4.79 Å². The van der Waals surface area contributed by atoms with Crippen LogP contribution < -0.4 is 0 Å². The predicted molar refractivity (Wildman–Crippen MR) is 55.8 cm³/mol. The standard InChI is InChI=1S/C11H20O3/c1-5-11(4,8-12)6-7-14-10(13)9(2)3/h5,9,12H,1,6-8H2,2-4H3. The number of hydrogen-bond acceptors (Lipinski definition) is 3. The second-order valence-electron chi connectivity index (χ2n) is 4.09. The van der Waals surface area contributed by atoms with E-state index in [0.717, 1.165) is 0 Å². The molecule has 0 aromatic rings. The molecule has 0 amide bonds. The summed E-state index contributed by atoms with van der Waals surface area (Å²) in [6.07, 6.45) is 2.29. The van der Waals surface area contributed by atoms with E-state index in [4.69, 9.17) is 9.84 Å². The van der Waals surface area contributed by atoms with E-state index in [1.807, 2.05) is 6.92 Å². The highest BCUT2D eigenvalue weighted by Gasteiger charge is 2.19. The van der Waals surface area contributed by atoms with E-state index in [-0.39, 0.29) is 23.9 Å². The van der Waals surface area contributed by atoms with Gasteiger partial charge in [-0.2, -0.15) is 0 Å². The van der Waals surface area contributed by atoms with Crippen LogP contribution in [-0.4, -0.2) is 24.3 Å². The highest BCUT2D eigenvalue weighted by molar-refractivity contribution is 5.71. The van der Waals surface area contributed by atoms with E-state index < -0.39 is 0 Å². The van der Waals surface area contributed by atoms with Gasteiger partial charge >= 0.3 is 5.97 Å². The molecule has 0 aromatic heterocycles. The number of hydrogen-bond donors (Lipinski definition) is 1.